The number of nitrogens with one attached hydrogen (secondary N) is 1. The Kier molecular flexibility index (Phi) is 3.55. The molecule has 0 aliphatic rings. The van der Waals surface area contributed by atoms with Crippen LogP contribution in [0.4, 0.5) is 5.69 Å². The van der Waals surface area contributed by atoms with Crippen LogP contribution < -0.4 is 11.1 Å². The molecule has 0 aliphatic carbocycles. The standard InChI is InChI=1S/C8H8BrIN2O/c1-12-8(13)5-2-4(9)3-6(10)7(5)11/h2-3H,11H2,1H3,(H,12,13). The second-order valence-electron chi connectivity index (χ2n) is 2.43. The van der Waals surface area contributed by atoms with E-state index in [1.807, 2.05) is 6.07 Å². The average Bonchev–Trinajstić information content (AvgIpc) is 2.10. The van der Waals surface area contributed by atoms with Crippen molar-refractivity contribution >= 4 is 50.1 Å². The topological polar surface area (TPSA) is 55.1 Å². The van der Waals surface area contributed by atoms with Crippen molar-refractivity contribution in [1.29, 1.82) is 0 Å². The Morgan fingerprint density at radius 1 is 1.62 bits per heavy atom. The minimum absolute atomic E-state index is 0.170. The van der Waals surface area contributed by atoms with E-state index in [0.717, 1.165) is 8.04 Å². The van der Waals surface area contributed by atoms with Gasteiger partial charge in [0.2, 0.25) is 0 Å². The number of benzene rings is 1. The Labute approximate surface area is 98.3 Å². The zero-order valence-corrected chi connectivity index (χ0v) is 10.6. The summed E-state index contributed by atoms with van der Waals surface area (Å²) in [6.45, 7) is 0. The van der Waals surface area contributed by atoms with Crippen LogP contribution in [0.25, 0.3) is 0 Å². The number of halogens is 2. The molecular formula is C8H8BrIN2O. The quantitative estimate of drug-likeness (QED) is 0.598. The monoisotopic (exact) mass is 354 g/mol. The molecule has 0 radical (unpaired) electrons. The Morgan fingerprint density at radius 2 is 2.23 bits per heavy atom. The SMILES string of the molecule is CNC(=O)c1cc(Br)cc(I)c1N. The van der Waals surface area contributed by atoms with Crippen LogP contribution >= 0.6 is 38.5 Å². The molecule has 1 aromatic rings. The van der Waals surface area contributed by atoms with Crippen molar-refractivity contribution in [3.8, 4) is 0 Å². The van der Waals surface area contributed by atoms with Gasteiger partial charge in [-0.1, -0.05) is 15.9 Å². The molecule has 13 heavy (non-hydrogen) atoms. The number of amides is 1. The summed E-state index contributed by atoms with van der Waals surface area (Å²) < 4.78 is 1.72. The molecule has 1 aromatic carbocycles. The van der Waals surface area contributed by atoms with Gasteiger partial charge in [0.25, 0.3) is 5.91 Å². The van der Waals surface area contributed by atoms with Crippen LogP contribution in [0.3, 0.4) is 0 Å². The van der Waals surface area contributed by atoms with E-state index in [9.17, 15) is 4.79 Å². The summed E-state index contributed by atoms with van der Waals surface area (Å²) in [7, 11) is 1.58. The van der Waals surface area contributed by atoms with E-state index in [4.69, 9.17) is 5.73 Å². The third-order valence-electron chi connectivity index (χ3n) is 1.57. The van der Waals surface area contributed by atoms with E-state index in [1.165, 1.54) is 0 Å². The minimum atomic E-state index is -0.170. The number of carbonyl (C=O) groups excluding carboxylic acids is 1. The van der Waals surface area contributed by atoms with Crippen molar-refractivity contribution in [3.63, 3.8) is 0 Å². The van der Waals surface area contributed by atoms with Gasteiger partial charge < -0.3 is 11.1 Å². The summed E-state index contributed by atoms with van der Waals surface area (Å²) in [6.07, 6.45) is 0. The molecule has 0 saturated carbocycles. The predicted octanol–water partition coefficient (Wildman–Crippen LogP) is 2.00. The molecule has 1 amide bonds. The maximum atomic E-state index is 11.3. The first-order chi connectivity index (χ1) is 6.06. The van der Waals surface area contributed by atoms with Gasteiger partial charge in [-0.05, 0) is 34.7 Å². The fourth-order valence-corrected chi connectivity index (χ4v) is 2.42. The molecule has 0 atom stereocenters. The largest absolute Gasteiger partial charge is 0.397 e. The van der Waals surface area contributed by atoms with Gasteiger partial charge in [-0.25, -0.2) is 0 Å². The summed E-state index contributed by atoms with van der Waals surface area (Å²) in [5.41, 5.74) is 6.76. The molecule has 0 fully saturated rings. The van der Waals surface area contributed by atoms with Gasteiger partial charge in [0.05, 0.1) is 11.3 Å². The maximum Gasteiger partial charge on any atom is 0.253 e. The summed E-state index contributed by atoms with van der Waals surface area (Å²) in [5.74, 6) is -0.170. The molecule has 3 N–H and O–H groups in total. The predicted molar refractivity (Wildman–Crippen MR) is 64.7 cm³/mol. The number of nitrogen functional groups attached to an aromatic ring is 1. The molecule has 3 nitrogen and oxygen atoms in total. The van der Waals surface area contributed by atoms with Crippen LogP contribution in [0.15, 0.2) is 16.6 Å². The van der Waals surface area contributed by atoms with Crippen LogP contribution in [-0.2, 0) is 0 Å². The first kappa shape index (κ1) is 10.8. The number of carbonyl (C=O) groups is 1. The van der Waals surface area contributed by atoms with Gasteiger partial charge in [-0.2, -0.15) is 0 Å². The maximum absolute atomic E-state index is 11.3. The molecule has 5 heteroatoms. The zero-order chi connectivity index (χ0) is 10.0. The number of hydrogen-bond donors (Lipinski definition) is 2. The molecule has 0 bridgehead atoms. The Bertz CT molecular complexity index is 354. The highest BCUT2D eigenvalue weighted by Crippen LogP contribution is 2.24. The number of hydrogen-bond acceptors (Lipinski definition) is 2. The van der Waals surface area contributed by atoms with E-state index < -0.39 is 0 Å². The first-order valence-corrected chi connectivity index (χ1v) is 5.40. The second-order valence-corrected chi connectivity index (χ2v) is 4.51. The summed E-state index contributed by atoms with van der Waals surface area (Å²) >= 11 is 5.39. The highest BCUT2D eigenvalue weighted by Gasteiger charge is 2.11. The van der Waals surface area contributed by atoms with Crippen LogP contribution in [0.2, 0.25) is 0 Å². The number of rotatable bonds is 1. The van der Waals surface area contributed by atoms with Gasteiger partial charge in [-0.3, -0.25) is 4.79 Å². The molecule has 0 heterocycles. The molecule has 0 aliphatic heterocycles. The van der Waals surface area contributed by atoms with Crippen molar-refractivity contribution < 1.29 is 4.79 Å². The lowest BCUT2D eigenvalue weighted by molar-refractivity contribution is 0.0964. The zero-order valence-electron chi connectivity index (χ0n) is 6.90. The molecule has 1 rings (SSSR count). The molecule has 70 valence electrons. The number of nitrogens with two attached hydrogens (primary N) is 1. The van der Waals surface area contributed by atoms with Crippen LogP contribution in [0.5, 0.6) is 0 Å². The Hall–Kier alpha value is -0.300. The lowest BCUT2D eigenvalue weighted by Crippen LogP contribution is -2.19. The van der Waals surface area contributed by atoms with Gasteiger partial charge in [0.1, 0.15) is 0 Å². The van der Waals surface area contributed by atoms with Gasteiger partial charge in [0.15, 0.2) is 0 Å². The van der Waals surface area contributed by atoms with Crippen molar-refractivity contribution in [3.05, 3.63) is 25.7 Å². The summed E-state index contributed by atoms with van der Waals surface area (Å²) in [6, 6.07) is 3.57. The third kappa shape index (κ3) is 2.34. The highest BCUT2D eigenvalue weighted by molar-refractivity contribution is 14.1. The van der Waals surface area contributed by atoms with E-state index >= 15 is 0 Å². The molecular weight excluding hydrogens is 347 g/mol. The second kappa shape index (κ2) is 4.28. The normalized spacial score (nSPS) is 9.77. The fraction of sp³-hybridized carbons (Fsp3) is 0.125. The minimum Gasteiger partial charge on any atom is -0.397 e. The molecule has 0 aromatic heterocycles. The highest BCUT2D eigenvalue weighted by atomic mass is 127. The van der Waals surface area contributed by atoms with Crippen LogP contribution in [-0.4, -0.2) is 13.0 Å². The van der Waals surface area contributed by atoms with E-state index in [2.05, 4.69) is 43.8 Å². The smallest absolute Gasteiger partial charge is 0.253 e. The molecule has 0 saturated heterocycles. The third-order valence-corrected chi connectivity index (χ3v) is 2.92. The summed E-state index contributed by atoms with van der Waals surface area (Å²) in [4.78, 5) is 11.3. The van der Waals surface area contributed by atoms with Crippen LogP contribution in [0, 0.1) is 3.57 Å². The lowest BCUT2D eigenvalue weighted by Gasteiger charge is -2.06. The van der Waals surface area contributed by atoms with E-state index in [-0.39, 0.29) is 5.91 Å². The molecule has 0 spiro atoms. The van der Waals surface area contributed by atoms with Crippen molar-refractivity contribution in [2.24, 2.45) is 0 Å². The van der Waals surface area contributed by atoms with Crippen molar-refractivity contribution in [2.45, 2.75) is 0 Å². The Morgan fingerprint density at radius 3 is 2.77 bits per heavy atom. The molecule has 0 unspecified atom stereocenters. The first-order valence-electron chi connectivity index (χ1n) is 3.53. The number of anilines is 1. The van der Waals surface area contributed by atoms with E-state index in [0.29, 0.717) is 11.3 Å². The van der Waals surface area contributed by atoms with E-state index in [1.54, 1.807) is 13.1 Å². The van der Waals surface area contributed by atoms with Crippen molar-refractivity contribution in [1.82, 2.24) is 5.32 Å². The summed E-state index contributed by atoms with van der Waals surface area (Å²) in [5, 5.41) is 2.53. The average molecular weight is 355 g/mol. The van der Waals surface area contributed by atoms with Crippen molar-refractivity contribution in [2.75, 3.05) is 12.8 Å². The Balaban J connectivity index is 3.28. The van der Waals surface area contributed by atoms with Gasteiger partial charge in [0, 0.05) is 15.1 Å². The lowest BCUT2D eigenvalue weighted by atomic mass is 10.2. The van der Waals surface area contributed by atoms with Gasteiger partial charge in [-0.15, -0.1) is 0 Å². The van der Waals surface area contributed by atoms with Crippen LogP contribution in [0.1, 0.15) is 10.4 Å². The van der Waals surface area contributed by atoms with Gasteiger partial charge >= 0.3 is 0 Å². The fourth-order valence-electron chi connectivity index (χ4n) is 0.907.